The zero-order valence-corrected chi connectivity index (χ0v) is 13.4. The van der Waals surface area contributed by atoms with Crippen molar-refractivity contribution in [1.29, 1.82) is 0 Å². The van der Waals surface area contributed by atoms with Gasteiger partial charge in [0.15, 0.2) is 0 Å². The van der Waals surface area contributed by atoms with E-state index in [0.717, 1.165) is 24.0 Å². The van der Waals surface area contributed by atoms with Crippen LogP contribution in [0.5, 0.6) is 0 Å². The Bertz CT molecular complexity index is 386. The Morgan fingerprint density at radius 2 is 2.17 bits per heavy atom. The monoisotopic (exact) mass is 332 g/mol. The predicted molar refractivity (Wildman–Crippen MR) is 83.1 cm³/mol. The Morgan fingerprint density at radius 1 is 1.44 bits per heavy atom. The van der Waals surface area contributed by atoms with Gasteiger partial charge in [0.1, 0.15) is 0 Å². The highest BCUT2D eigenvalue weighted by Crippen LogP contribution is 2.27. The summed E-state index contributed by atoms with van der Waals surface area (Å²) in [7, 11) is 0. The molecule has 0 spiro atoms. The van der Waals surface area contributed by atoms with Gasteiger partial charge in [0, 0.05) is 29.6 Å². The quantitative estimate of drug-likeness (QED) is 0.896. The number of nitrogens with zero attached hydrogens (tertiary/aromatic N) is 1. The maximum absolute atomic E-state index is 6.07. The maximum Gasteiger partial charge on any atom is 0.0320 e. The van der Waals surface area contributed by atoms with Crippen molar-refractivity contribution in [1.82, 2.24) is 4.90 Å². The lowest BCUT2D eigenvalue weighted by Crippen LogP contribution is -2.46. The first-order valence-corrected chi connectivity index (χ1v) is 7.12. The van der Waals surface area contributed by atoms with Crippen LogP contribution >= 0.6 is 28.3 Å². The first-order valence-electron chi connectivity index (χ1n) is 6.33. The molecule has 1 aliphatic rings. The third kappa shape index (κ3) is 3.70. The van der Waals surface area contributed by atoms with Crippen LogP contribution < -0.4 is 5.73 Å². The molecule has 2 rings (SSSR count). The molecule has 1 aliphatic heterocycles. The molecule has 0 aliphatic carbocycles. The lowest BCUT2D eigenvalue weighted by atomic mass is 9.92. The summed E-state index contributed by atoms with van der Waals surface area (Å²) in [6, 6.07) is 9.45. The minimum Gasteiger partial charge on any atom is -0.327 e. The van der Waals surface area contributed by atoms with Crippen molar-refractivity contribution in [2.45, 2.75) is 32.4 Å². The smallest absolute Gasteiger partial charge is 0.0320 e. The summed E-state index contributed by atoms with van der Waals surface area (Å²) in [5, 5.41) is 0. The third-order valence-corrected chi connectivity index (χ3v) is 4.38. The molecule has 0 saturated carbocycles. The summed E-state index contributed by atoms with van der Waals surface area (Å²) < 4.78 is 1.16. The van der Waals surface area contributed by atoms with E-state index in [-0.39, 0.29) is 12.4 Å². The Kier molecular flexibility index (Phi) is 6.12. The molecule has 1 saturated heterocycles. The van der Waals surface area contributed by atoms with Crippen LogP contribution in [0.1, 0.15) is 31.9 Å². The average molecular weight is 334 g/mol. The van der Waals surface area contributed by atoms with E-state index in [1.807, 2.05) is 0 Å². The lowest BCUT2D eigenvalue weighted by Gasteiger charge is -2.38. The molecule has 0 bridgehead atoms. The van der Waals surface area contributed by atoms with E-state index in [4.69, 9.17) is 5.73 Å². The van der Waals surface area contributed by atoms with Gasteiger partial charge in [-0.2, -0.15) is 0 Å². The number of piperidine rings is 1. The predicted octanol–water partition coefficient (Wildman–Crippen LogP) is 3.60. The number of benzene rings is 1. The Labute approximate surface area is 124 Å². The molecule has 2 nitrogen and oxygen atoms in total. The molecule has 102 valence electrons. The van der Waals surface area contributed by atoms with Gasteiger partial charge in [-0.15, -0.1) is 12.4 Å². The largest absolute Gasteiger partial charge is 0.327 e. The standard InChI is InChI=1S/C14H21BrN2.ClH/c1-10-9-17(7-6-14(10)16)11(2)12-4-3-5-13(15)8-12;/h3-5,8,10-11,14H,6-7,9,16H2,1-2H3;1H. The maximum atomic E-state index is 6.07. The molecule has 4 heteroatoms. The van der Waals surface area contributed by atoms with Crippen LogP contribution in [0, 0.1) is 5.92 Å². The van der Waals surface area contributed by atoms with E-state index >= 15 is 0 Å². The first kappa shape index (κ1) is 16.0. The second-order valence-corrected chi connectivity index (χ2v) is 6.07. The summed E-state index contributed by atoms with van der Waals surface area (Å²) in [4.78, 5) is 2.54. The van der Waals surface area contributed by atoms with Gasteiger partial charge in [-0.1, -0.05) is 35.0 Å². The van der Waals surface area contributed by atoms with Crippen LogP contribution in [0.3, 0.4) is 0 Å². The van der Waals surface area contributed by atoms with Crippen LogP contribution in [0.2, 0.25) is 0 Å². The van der Waals surface area contributed by atoms with Crippen molar-refractivity contribution in [2.24, 2.45) is 11.7 Å². The van der Waals surface area contributed by atoms with E-state index in [0.29, 0.717) is 18.0 Å². The second-order valence-electron chi connectivity index (χ2n) is 5.16. The molecule has 0 radical (unpaired) electrons. The lowest BCUT2D eigenvalue weighted by molar-refractivity contribution is 0.124. The molecule has 1 aromatic rings. The van der Waals surface area contributed by atoms with E-state index in [1.165, 1.54) is 5.56 Å². The van der Waals surface area contributed by atoms with Gasteiger partial charge >= 0.3 is 0 Å². The van der Waals surface area contributed by atoms with Gasteiger partial charge in [0.05, 0.1) is 0 Å². The highest BCUT2D eigenvalue weighted by atomic mass is 79.9. The fraction of sp³-hybridized carbons (Fsp3) is 0.571. The van der Waals surface area contributed by atoms with Crippen LogP contribution in [0.4, 0.5) is 0 Å². The van der Waals surface area contributed by atoms with E-state index < -0.39 is 0 Å². The number of likely N-dealkylation sites (tertiary alicyclic amines) is 1. The second kappa shape index (κ2) is 6.90. The Balaban J connectivity index is 0.00000162. The minimum atomic E-state index is 0. The molecular formula is C14H22BrClN2. The summed E-state index contributed by atoms with van der Waals surface area (Å²) in [5.74, 6) is 0.596. The van der Waals surface area contributed by atoms with Crippen LogP contribution in [-0.2, 0) is 0 Å². The summed E-state index contributed by atoms with van der Waals surface area (Å²) >= 11 is 3.54. The molecule has 1 fully saturated rings. The van der Waals surface area contributed by atoms with Crippen molar-refractivity contribution < 1.29 is 0 Å². The number of nitrogens with two attached hydrogens (primary N) is 1. The molecule has 3 atom stereocenters. The van der Waals surface area contributed by atoms with Crippen molar-refractivity contribution >= 4 is 28.3 Å². The van der Waals surface area contributed by atoms with Crippen molar-refractivity contribution in [3.63, 3.8) is 0 Å². The third-order valence-electron chi connectivity index (χ3n) is 3.88. The topological polar surface area (TPSA) is 29.3 Å². The van der Waals surface area contributed by atoms with E-state index in [1.54, 1.807) is 0 Å². The van der Waals surface area contributed by atoms with Gasteiger partial charge in [-0.25, -0.2) is 0 Å². The summed E-state index contributed by atoms with van der Waals surface area (Å²) in [5.41, 5.74) is 7.45. The van der Waals surface area contributed by atoms with Crippen molar-refractivity contribution in [3.8, 4) is 0 Å². The Morgan fingerprint density at radius 3 is 2.78 bits per heavy atom. The van der Waals surface area contributed by atoms with Crippen LogP contribution in [-0.4, -0.2) is 24.0 Å². The normalized spacial score (nSPS) is 26.4. The van der Waals surface area contributed by atoms with E-state index in [2.05, 4.69) is 58.9 Å². The average Bonchev–Trinajstić information content (AvgIpc) is 2.32. The number of halogens is 2. The fourth-order valence-corrected chi connectivity index (χ4v) is 2.94. The summed E-state index contributed by atoms with van der Waals surface area (Å²) in [6.45, 7) is 6.75. The molecule has 1 aromatic carbocycles. The van der Waals surface area contributed by atoms with Crippen LogP contribution in [0.15, 0.2) is 28.7 Å². The highest BCUT2D eigenvalue weighted by Gasteiger charge is 2.26. The van der Waals surface area contributed by atoms with Crippen molar-refractivity contribution in [3.05, 3.63) is 34.3 Å². The number of hydrogen-bond acceptors (Lipinski definition) is 2. The SMILES string of the molecule is CC1CN(C(C)c2cccc(Br)c2)CCC1N.Cl. The highest BCUT2D eigenvalue weighted by molar-refractivity contribution is 9.10. The van der Waals surface area contributed by atoms with E-state index in [9.17, 15) is 0 Å². The van der Waals surface area contributed by atoms with Crippen molar-refractivity contribution in [2.75, 3.05) is 13.1 Å². The number of hydrogen-bond donors (Lipinski definition) is 1. The molecular weight excluding hydrogens is 312 g/mol. The van der Waals surface area contributed by atoms with Gasteiger partial charge in [0.2, 0.25) is 0 Å². The minimum absolute atomic E-state index is 0. The molecule has 0 amide bonds. The Hall–Kier alpha value is -0.0900. The fourth-order valence-electron chi connectivity index (χ4n) is 2.53. The molecule has 3 unspecified atom stereocenters. The molecule has 18 heavy (non-hydrogen) atoms. The first-order chi connectivity index (χ1) is 8.08. The zero-order chi connectivity index (χ0) is 12.4. The molecule has 1 heterocycles. The van der Waals surface area contributed by atoms with Gasteiger partial charge in [-0.05, 0) is 37.0 Å². The number of rotatable bonds is 2. The van der Waals surface area contributed by atoms with Crippen LogP contribution in [0.25, 0.3) is 0 Å². The molecule has 0 aromatic heterocycles. The summed E-state index contributed by atoms with van der Waals surface area (Å²) in [6.07, 6.45) is 1.11. The van der Waals surface area contributed by atoms with Gasteiger partial charge in [0.25, 0.3) is 0 Å². The molecule has 2 N–H and O–H groups in total. The zero-order valence-electron chi connectivity index (χ0n) is 11.0. The van der Waals surface area contributed by atoms with Gasteiger partial charge in [-0.3, -0.25) is 4.90 Å². The van der Waals surface area contributed by atoms with Gasteiger partial charge < -0.3 is 5.73 Å².